The van der Waals surface area contributed by atoms with E-state index in [0.29, 0.717) is 6.54 Å². The smallest absolute Gasteiger partial charge is 0.236 e. The van der Waals surface area contributed by atoms with Crippen molar-refractivity contribution in [2.24, 2.45) is 5.92 Å². The van der Waals surface area contributed by atoms with E-state index in [1.807, 2.05) is 24.3 Å². The Morgan fingerprint density at radius 3 is 2.65 bits per heavy atom. The topological polar surface area (TPSA) is 58.2 Å². The summed E-state index contributed by atoms with van der Waals surface area (Å²) in [4.78, 5) is 23.5. The summed E-state index contributed by atoms with van der Waals surface area (Å²) in [6.45, 7) is 4.05. The fourth-order valence-electron chi connectivity index (χ4n) is 1.74. The molecular weight excluding hydrogens is 320 g/mol. The lowest BCUT2D eigenvalue weighted by Gasteiger charge is -2.16. The molecule has 20 heavy (non-hydrogen) atoms. The van der Waals surface area contributed by atoms with Crippen LogP contribution in [0, 0.1) is 5.92 Å². The lowest BCUT2D eigenvalue weighted by Crippen LogP contribution is -2.37. The number of hydrogen-bond donors (Lipinski definition) is 2. The van der Waals surface area contributed by atoms with Gasteiger partial charge in [-0.15, -0.1) is 0 Å². The fraction of sp³-hybridized carbons (Fsp3) is 0.467. The number of alkyl halides is 1. The predicted molar refractivity (Wildman–Crippen MR) is 82.6 cm³/mol. The molecular formula is C15H19BrN2O2. The van der Waals surface area contributed by atoms with Crippen LogP contribution >= 0.6 is 15.9 Å². The Kier molecular flexibility index (Phi) is 4.48. The van der Waals surface area contributed by atoms with Gasteiger partial charge in [-0.05, 0) is 44.4 Å². The molecule has 0 aromatic heterocycles. The van der Waals surface area contributed by atoms with Crippen LogP contribution in [-0.4, -0.2) is 16.1 Å². The summed E-state index contributed by atoms with van der Waals surface area (Å²) in [6.07, 6.45) is 1.98. The molecule has 1 aromatic rings. The van der Waals surface area contributed by atoms with Gasteiger partial charge in [0.1, 0.15) is 0 Å². The van der Waals surface area contributed by atoms with Crippen molar-refractivity contribution in [3.63, 3.8) is 0 Å². The van der Waals surface area contributed by atoms with Crippen LogP contribution in [0.2, 0.25) is 0 Å². The summed E-state index contributed by atoms with van der Waals surface area (Å²) in [5.41, 5.74) is 1.75. The third kappa shape index (κ3) is 4.34. The summed E-state index contributed by atoms with van der Waals surface area (Å²) in [7, 11) is 0. The van der Waals surface area contributed by atoms with Gasteiger partial charge in [0.15, 0.2) is 0 Å². The first-order chi connectivity index (χ1) is 9.36. The third-order valence-corrected chi connectivity index (χ3v) is 3.50. The number of anilines is 1. The molecule has 1 aromatic carbocycles. The van der Waals surface area contributed by atoms with Crippen molar-refractivity contribution >= 4 is 33.4 Å². The molecule has 0 spiro atoms. The first kappa shape index (κ1) is 15.0. The molecule has 2 N–H and O–H groups in total. The average Bonchev–Trinajstić information content (AvgIpc) is 3.19. The Morgan fingerprint density at radius 1 is 1.35 bits per heavy atom. The van der Waals surface area contributed by atoms with E-state index in [0.717, 1.165) is 24.1 Å². The number of carbonyl (C=O) groups is 2. The van der Waals surface area contributed by atoms with E-state index in [9.17, 15) is 9.59 Å². The van der Waals surface area contributed by atoms with Gasteiger partial charge in [0, 0.05) is 18.2 Å². The van der Waals surface area contributed by atoms with Gasteiger partial charge in [-0.25, -0.2) is 0 Å². The molecule has 0 unspecified atom stereocenters. The zero-order chi connectivity index (χ0) is 14.8. The number of benzene rings is 1. The summed E-state index contributed by atoms with van der Waals surface area (Å²) >= 11 is 3.32. The largest absolute Gasteiger partial charge is 0.351 e. The van der Waals surface area contributed by atoms with Crippen LogP contribution in [0.15, 0.2) is 24.3 Å². The number of hydrogen-bond acceptors (Lipinski definition) is 2. The molecule has 0 bridgehead atoms. The van der Waals surface area contributed by atoms with Gasteiger partial charge in [-0.2, -0.15) is 0 Å². The second-order valence-corrected chi connectivity index (χ2v) is 7.60. The molecule has 0 atom stereocenters. The summed E-state index contributed by atoms with van der Waals surface area (Å²) < 4.78 is -0.579. The molecule has 2 amide bonds. The Balaban J connectivity index is 1.92. The summed E-state index contributed by atoms with van der Waals surface area (Å²) in [5.74, 6) is 0.213. The van der Waals surface area contributed by atoms with E-state index < -0.39 is 4.32 Å². The second kappa shape index (κ2) is 5.95. The first-order valence-electron chi connectivity index (χ1n) is 6.73. The fourth-order valence-corrected chi connectivity index (χ4v) is 1.88. The minimum absolute atomic E-state index is 0.0649. The lowest BCUT2D eigenvalue weighted by atomic mass is 10.1. The molecule has 0 heterocycles. The van der Waals surface area contributed by atoms with Crippen LogP contribution in [0.3, 0.4) is 0 Å². The third-order valence-electron chi connectivity index (χ3n) is 3.14. The van der Waals surface area contributed by atoms with Crippen molar-refractivity contribution in [1.82, 2.24) is 5.32 Å². The van der Waals surface area contributed by atoms with Crippen LogP contribution in [0.25, 0.3) is 0 Å². The van der Waals surface area contributed by atoms with Crippen molar-refractivity contribution in [2.75, 3.05) is 5.32 Å². The van der Waals surface area contributed by atoms with E-state index >= 15 is 0 Å². The van der Waals surface area contributed by atoms with E-state index in [1.54, 1.807) is 13.8 Å². The van der Waals surface area contributed by atoms with Gasteiger partial charge in [-0.1, -0.05) is 28.1 Å². The minimum Gasteiger partial charge on any atom is -0.351 e. The van der Waals surface area contributed by atoms with Crippen LogP contribution < -0.4 is 10.6 Å². The number of halogens is 1. The molecule has 1 saturated carbocycles. The van der Waals surface area contributed by atoms with Gasteiger partial charge in [0.05, 0.1) is 4.32 Å². The number of nitrogens with one attached hydrogen (secondary N) is 2. The average molecular weight is 339 g/mol. The highest BCUT2D eigenvalue weighted by Crippen LogP contribution is 2.30. The maximum atomic E-state index is 11.8. The van der Waals surface area contributed by atoms with Crippen molar-refractivity contribution < 1.29 is 9.59 Å². The van der Waals surface area contributed by atoms with Crippen molar-refractivity contribution in [3.05, 3.63) is 29.8 Å². The van der Waals surface area contributed by atoms with Gasteiger partial charge in [0.25, 0.3) is 0 Å². The molecule has 4 nitrogen and oxygen atoms in total. The number of carbonyl (C=O) groups excluding carboxylic acids is 2. The lowest BCUT2D eigenvalue weighted by molar-refractivity contribution is -0.122. The molecule has 0 saturated heterocycles. The van der Waals surface area contributed by atoms with Crippen LogP contribution in [0.4, 0.5) is 5.69 Å². The van der Waals surface area contributed by atoms with Gasteiger partial charge in [0.2, 0.25) is 11.8 Å². The molecule has 2 rings (SSSR count). The van der Waals surface area contributed by atoms with Crippen LogP contribution in [-0.2, 0) is 16.1 Å². The molecule has 0 radical (unpaired) electrons. The highest BCUT2D eigenvalue weighted by Gasteiger charge is 2.29. The Morgan fingerprint density at radius 2 is 2.05 bits per heavy atom. The molecule has 1 fully saturated rings. The van der Waals surface area contributed by atoms with Crippen molar-refractivity contribution in [2.45, 2.75) is 37.6 Å². The predicted octanol–water partition coefficient (Wildman–Crippen LogP) is 2.82. The SMILES string of the molecule is CC(C)(Br)C(=O)NCc1cccc(NC(=O)C2CC2)c1. The highest BCUT2D eigenvalue weighted by molar-refractivity contribution is 9.10. The zero-order valence-corrected chi connectivity index (χ0v) is 13.3. The maximum absolute atomic E-state index is 11.8. The Labute approximate surface area is 127 Å². The van der Waals surface area contributed by atoms with Crippen molar-refractivity contribution in [3.8, 4) is 0 Å². The minimum atomic E-state index is -0.579. The number of rotatable bonds is 5. The highest BCUT2D eigenvalue weighted by atomic mass is 79.9. The molecule has 1 aliphatic carbocycles. The van der Waals surface area contributed by atoms with Crippen LogP contribution in [0.5, 0.6) is 0 Å². The van der Waals surface area contributed by atoms with E-state index in [4.69, 9.17) is 0 Å². The maximum Gasteiger partial charge on any atom is 0.236 e. The Hall–Kier alpha value is -1.36. The zero-order valence-electron chi connectivity index (χ0n) is 11.7. The normalized spacial score (nSPS) is 14.8. The van der Waals surface area contributed by atoms with E-state index in [-0.39, 0.29) is 17.7 Å². The van der Waals surface area contributed by atoms with Crippen molar-refractivity contribution in [1.29, 1.82) is 0 Å². The molecule has 5 heteroatoms. The molecule has 1 aliphatic rings. The standard InChI is InChI=1S/C15H19BrN2O2/c1-15(2,16)14(20)17-9-10-4-3-5-12(8-10)18-13(19)11-6-7-11/h3-5,8,11H,6-7,9H2,1-2H3,(H,17,20)(H,18,19). The van der Waals surface area contributed by atoms with E-state index in [2.05, 4.69) is 26.6 Å². The monoisotopic (exact) mass is 338 g/mol. The Bertz CT molecular complexity index is 519. The quantitative estimate of drug-likeness (QED) is 0.811. The molecule has 108 valence electrons. The van der Waals surface area contributed by atoms with Gasteiger partial charge >= 0.3 is 0 Å². The molecule has 0 aliphatic heterocycles. The summed E-state index contributed by atoms with van der Waals surface area (Å²) in [5, 5.41) is 5.76. The van der Waals surface area contributed by atoms with E-state index in [1.165, 1.54) is 0 Å². The number of amides is 2. The second-order valence-electron chi connectivity index (χ2n) is 5.62. The summed E-state index contributed by atoms with van der Waals surface area (Å²) in [6, 6.07) is 7.55. The van der Waals surface area contributed by atoms with Crippen LogP contribution in [0.1, 0.15) is 32.3 Å². The van der Waals surface area contributed by atoms with Gasteiger partial charge < -0.3 is 10.6 Å². The van der Waals surface area contributed by atoms with Gasteiger partial charge in [-0.3, -0.25) is 9.59 Å². The first-order valence-corrected chi connectivity index (χ1v) is 7.52.